The SMILES string of the molecule is c1ccc(-c2cnc3ncc(C4(c5ccc6ncccc6c5)CC4)n3n2)cc1. The first-order chi connectivity index (χ1) is 13.8. The van der Waals surface area contributed by atoms with Crippen LogP contribution in [0.1, 0.15) is 24.1 Å². The lowest BCUT2D eigenvalue weighted by Gasteiger charge is -2.16. The summed E-state index contributed by atoms with van der Waals surface area (Å²) in [6.07, 6.45) is 7.74. The van der Waals surface area contributed by atoms with Gasteiger partial charge in [-0.15, -0.1) is 0 Å². The summed E-state index contributed by atoms with van der Waals surface area (Å²) in [5.41, 5.74) is 5.28. The first-order valence-corrected chi connectivity index (χ1v) is 9.45. The molecule has 5 heteroatoms. The van der Waals surface area contributed by atoms with Crippen LogP contribution in [-0.2, 0) is 5.41 Å². The van der Waals surface area contributed by atoms with Crippen molar-refractivity contribution in [3.63, 3.8) is 0 Å². The number of rotatable bonds is 3. The zero-order valence-corrected chi connectivity index (χ0v) is 15.2. The Labute approximate surface area is 161 Å². The summed E-state index contributed by atoms with van der Waals surface area (Å²) in [5, 5.41) is 6.04. The van der Waals surface area contributed by atoms with Gasteiger partial charge in [0.1, 0.15) is 5.69 Å². The molecule has 0 bridgehead atoms. The molecule has 0 amide bonds. The van der Waals surface area contributed by atoms with Crippen molar-refractivity contribution in [2.24, 2.45) is 0 Å². The highest BCUT2D eigenvalue weighted by atomic mass is 15.3. The largest absolute Gasteiger partial charge is 0.256 e. The molecular weight excluding hydrogens is 346 g/mol. The molecule has 5 nitrogen and oxygen atoms in total. The monoisotopic (exact) mass is 363 g/mol. The lowest BCUT2D eigenvalue weighted by atomic mass is 9.91. The smallest absolute Gasteiger partial charge is 0.250 e. The Bertz CT molecular complexity index is 1320. The number of hydrogen-bond donors (Lipinski definition) is 0. The molecule has 5 aromatic rings. The molecule has 2 aromatic carbocycles. The van der Waals surface area contributed by atoms with Gasteiger partial charge in [0.25, 0.3) is 5.78 Å². The van der Waals surface area contributed by atoms with Gasteiger partial charge in [0.15, 0.2) is 0 Å². The third-order valence-corrected chi connectivity index (χ3v) is 5.70. The minimum atomic E-state index is -0.0482. The average molecular weight is 363 g/mol. The summed E-state index contributed by atoms with van der Waals surface area (Å²) >= 11 is 0. The van der Waals surface area contributed by atoms with Gasteiger partial charge in [-0.2, -0.15) is 9.61 Å². The summed E-state index contributed by atoms with van der Waals surface area (Å²) < 4.78 is 1.92. The van der Waals surface area contributed by atoms with Crippen molar-refractivity contribution in [2.75, 3.05) is 0 Å². The zero-order valence-electron chi connectivity index (χ0n) is 15.2. The van der Waals surface area contributed by atoms with Crippen molar-refractivity contribution >= 4 is 16.7 Å². The fourth-order valence-electron chi connectivity index (χ4n) is 4.03. The van der Waals surface area contributed by atoms with Crippen LogP contribution in [0.2, 0.25) is 0 Å². The van der Waals surface area contributed by atoms with Gasteiger partial charge in [-0.3, -0.25) is 4.98 Å². The lowest BCUT2D eigenvalue weighted by Crippen LogP contribution is -2.14. The molecule has 1 saturated carbocycles. The highest BCUT2D eigenvalue weighted by Crippen LogP contribution is 2.53. The maximum atomic E-state index is 4.88. The van der Waals surface area contributed by atoms with Crippen LogP contribution < -0.4 is 0 Å². The zero-order chi connectivity index (χ0) is 18.6. The molecule has 0 radical (unpaired) electrons. The molecule has 0 saturated heterocycles. The van der Waals surface area contributed by atoms with Crippen molar-refractivity contribution in [3.8, 4) is 11.3 Å². The first-order valence-electron chi connectivity index (χ1n) is 9.45. The second-order valence-electron chi connectivity index (χ2n) is 7.36. The quantitative estimate of drug-likeness (QED) is 0.476. The summed E-state index contributed by atoms with van der Waals surface area (Å²) in [6, 6.07) is 20.8. The van der Waals surface area contributed by atoms with Crippen molar-refractivity contribution in [1.29, 1.82) is 0 Å². The number of imidazole rings is 1. The second kappa shape index (κ2) is 5.70. The van der Waals surface area contributed by atoms with Crippen LogP contribution in [0.4, 0.5) is 0 Å². The summed E-state index contributed by atoms with van der Waals surface area (Å²) in [5.74, 6) is 0.642. The Morgan fingerprint density at radius 1 is 0.821 bits per heavy atom. The molecule has 0 N–H and O–H groups in total. The molecule has 28 heavy (non-hydrogen) atoms. The number of aromatic nitrogens is 5. The van der Waals surface area contributed by atoms with E-state index in [1.165, 1.54) is 5.56 Å². The molecular formula is C23H17N5. The minimum Gasteiger partial charge on any atom is -0.256 e. The average Bonchev–Trinajstić information content (AvgIpc) is 3.46. The van der Waals surface area contributed by atoms with Gasteiger partial charge in [-0.05, 0) is 36.6 Å². The number of nitrogens with zero attached hydrogens (tertiary/aromatic N) is 5. The van der Waals surface area contributed by atoms with Gasteiger partial charge >= 0.3 is 0 Å². The van der Waals surface area contributed by atoms with Crippen molar-refractivity contribution in [3.05, 3.63) is 90.5 Å². The van der Waals surface area contributed by atoms with Crippen LogP contribution in [0, 0.1) is 0 Å². The van der Waals surface area contributed by atoms with Crippen molar-refractivity contribution in [2.45, 2.75) is 18.3 Å². The molecule has 0 aliphatic heterocycles. The molecule has 0 spiro atoms. The molecule has 3 heterocycles. The maximum Gasteiger partial charge on any atom is 0.250 e. The minimum absolute atomic E-state index is 0.0482. The van der Waals surface area contributed by atoms with E-state index < -0.39 is 0 Å². The van der Waals surface area contributed by atoms with E-state index in [1.54, 1.807) is 6.20 Å². The summed E-state index contributed by atoms with van der Waals surface area (Å²) in [6.45, 7) is 0. The molecule has 1 aliphatic rings. The third-order valence-electron chi connectivity index (χ3n) is 5.70. The van der Waals surface area contributed by atoms with E-state index in [4.69, 9.17) is 5.10 Å². The van der Waals surface area contributed by atoms with Crippen LogP contribution in [0.15, 0.2) is 79.3 Å². The lowest BCUT2D eigenvalue weighted by molar-refractivity contribution is 0.739. The maximum absolute atomic E-state index is 4.88. The highest BCUT2D eigenvalue weighted by molar-refractivity contribution is 5.79. The van der Waals surface area contributed by atoms with E-state index >= 15 is 0 Å². The molecule has 3 aromatic heterocycles. The molecule has 0 atom stereocenters. The van der Waals surface area contributed by atoms with Gasteiger partial charge < -0.3 is 0 Å². The number of benzene rings is 2. The fraction of sp³-hybridized carbons (Fsp3) is 0.130. The topological polar surface area (TPSA) is 56.0 Å². The van der Waals surface area contributed by atoms with Crippen LogP contribution in [0.25, 0.3) is 27.9 Å². The molecule has 1 fully saturated rings. The highest BCUT2D eigenvalue weighted by Gasteiger charge is 2.48. The Morgan fingerprint density at radius 2 is 1.68 bits per heavy atom. The van der Waals surface area contributed by atoms with E-state index in [0.29, 0.717) is 5.78 Å². The van der Waals surface area contributed by atoms with Crippen molar-refractivity contribution < 1.29 is 0 Å². The number of hydrogen-bond acceptors (Lipinski definition) is 4. The van der Waals surface area contributed by atoms with E-state index in [-0.39, 0.29) is 5.41 Å². The molecule has 134 valence electrons. The normalized spacial score (nSPS) is 15.1. The van der Waals surface area contributed by atoms with Gasteiger partial charge in [0.05, 0.1) is 23.6 Å². The van der Waals surface area contributed by atoms with Gasteiger partial charge in [0, 0.05) is 22.6 Å². The third kappa shape index (κ3) is 2.26. The Morgan fingerprint density at radius 3 is 2.54 bits per heavy atom. The predicted molar refractivity (Wildman–Crippen MR) is 108 cm³/mol. The van der Waals surface area contributed by atoms with Gasteiger partial charge in [0.2, 0.25) is 0 Å². The second-order valence-corrected chi connectivity index (χ2v) is 7.36. The van der Waals surface area contributed by atoms with E-state index in [0.717, 1.165) is 40.7 Å². The number of pyridine rings is 1. The van der Waals surface area contributed by atoms with Gasteiger partial charge in [-0.1, -0.05) is 42.5 Å². The molecule has 1 aliphatic carbocycles. The molecule has 0 unspecified atom stereocenters. The van der Waals surface area contributed by atoms with Crippen molar-refractivity contribution in [1.82, 2.24) is 24.6 Å². The van der Waals surface area contributed by atoms with Gasteiger partial charge in [-0.25, -0.2) is 9.97 Å². The van der Waals surface area contributed by atoms with Crippen LogP contribution in [0.5, 0.6) is 0 Å². The Kier molecular flexibility index (Phi) is 3.14. The van der Waals surface area contributed by atoms with E-state index in [1.807, 2.05) is 41.2 Å². The fourth-order valence-corrected chi connectivity index (χ4v) is 4.03. The standard InChI is InChI=1S/C23H17N5/c1-2-5-16(6-3-1)20-14-25-22-26-15-21(28(22)27-20)23(10-11-23)18-8-9-19-17(13-18)7-4-12-24-19/h1-9,12-15H,10-11H2. The predicted octanol–water partition coefficient (Wildman–Crippen LogP) is 4.42. The van der Waals surface area contributed by atoms with E-state index in [9.17, 15) is 0 Å². The van der Waals surface area contributed by atoms with Crippen LogP contribution >= 0.6 is 0 Å². The Balaban J connectivity index is 1.51. The summed E-state index contributed by atoms with van der Waals surface area (Å²) in [4.78, 5) is 13.5. The number of fused-ring (bicyclic) bond motifs is 2. The Hall–Kier alpha value is -3.60. The molecule has 6 rings (SSSR count). The first kappa shape index (κ1) is 15.5. The summed E-state index contributed by atoms with van der Waals surface area (Å²) in [7, 11) is 0. The van der Waals surface area contributed by atoms with E-state index in [2.05, 4.69) is 51.4 Å². The van der Waals surface area contributed by atoms with Crippen LogP contribution in [0.3, 0.4) is 0 Å². The van der Waals surface area contributed by atoms with Crippen LogP contribution in [-0.4, -0.2) is 24.6 Å².